The highest BCUT2D eigenvalue weighted by molar-refractivity contribution is 5.68. The van der Waals surface area contributed by atoms with E-state index in [1.54, 1.807) is 7.05 Å². The van der Waals surface area contributed by atoms with Crippen LogP contribution in [-0.2, 0) is 4.79 Å². The van der Waals surface area contributed by atoms with E-state index in [0.717, 1.165) is 0 Å². The van der Waals surface area contributed by atoms with Gasteiger partial charge in [-0.2, -0.15) is 0 Å². The molecule has 0 aromatic rings. The molecule has 0 unspecified atom stereocenters. The molecule has 0 fully saturated rings. The van der Waals surface area contributed by atoms with Crippen molar-refractivity contribution >= 4 is 5.97 Å². The lowest BCUT2D eigenvalue weighted by Crippen LogP contribution is -2.32. The van der Waals surface area contributed by atoms with Crippen LogP contribution in [0.2, 0.25) is 0 Å². The van der Waals surface area contributed by atoms with Crippen molar-refractivity contribution in [1.29, 1.82) is 0 Å². The summed E-state index contributed by atoms with van der Waals surface area (Å²) < 4.78 is 0. The van der Waals surface area contributed by atoms with Crippen molar-refractivity contribution in [2.75, 3.05) is 13.6 Å². The van der Waals surface area contributed by atoms with E-state index in [9.17, 15) is 4.79 Å². The highest BCUT2D eigenvalue weighted by Crippen LogP contribution is 1.51. The SMILES string of the molecule is CNNCC(=O)O. The Hall–Kier alpha value is -0.610. The quantitative estimate of drug-likeness (QED) is 0.393. The number of aliphatic carboxylic acids is 1. The molecule has 0 radical (unpaired) electrons. The third kappa shape index (κ3) is 5.39. The smallest absolute Gasteiger partial charge is 0.318 e. The van der Waals surface area contributed by atoms with Gasteiger partial charge in [-0.25, -0.2) is 5.43 Å². The van der Waals surface area contributed by atoms with Crippen LogP contribution >= 0.6 is 0 Å². The topological polar surface area (TPSA) is 61.4 Å². The minimum absolute atomic E-state index is 0.0451. The summed E-state index contributed by atoms with van der Waals surface area (Å²) >= 11 is 0. The van der Waals surface area contributed by atoms with Gasteiger partial charge in [-0.15, -0.1) is 0 Å². The first-order valence-electron chi connectivity index (χ1n) is 1.88. The summed E-state index contributed by atoms with van der Waals surface area (Å²) in [5.74, 6) is -0.866. The molecule has 4 nitrogen and oxygen atoms in total. The van der Waals surface area contributed by atoms with Crippen LogP contribution in [0.25, 0.3) is 0 Å². The third-order valence-corrected chi connectivity index (χ3v) is 0.416. The van der Waals surface area contributed by atoms with Crippen molar-refractivity contribution in [3.05, 3.63) is 0 Å². The first kappa shape index (κ1) is 6.39. The highest BCUT2D eigenvalue weighted by atomic mass is 16.4. The molecule has 0 aliphatic heterocycles. The second-order valence-electron chi connectivity index (χ2n) is 0.997. The molecular formula is C3H8N2O2. The zero-order valence-electron chi connectivity index (χ0n) is 4.06. The Morgan fingerprint density at radius 1 is 1.86 bits per heavy atom. The number of nitrogens with one attached hydrogen (secondary N) is 2. The molecule has 4 heteroatoms. The van der Waals surface area contributed by atoms with E-state index in [0.29, 0.717) is 0 Å². The third-order valence-electron chi connectivity index (χ3n) is 0.416. The summed E-state index contributed by atoms with van der Waals surface area (Å²) in [5, 5.41) is 7.94. The Morgan fingerprint density at radius 3 is 2.57 bits per heavy atom. The number of rotatable bonds is 3. The number of hydrogen-bond donors (Lipinski definition) is 3. The first-order chi connectivity index (χ1) is 3.27. The molecule has 0 aliphatic rings. The molecule has 42 valence electrons. The molecule has 0 bridgehead atoms. The normalized spacial score (nSPS) is 8.71. The van der Waals surface area contributed by atoms with Crippen molar-refractivity contribution in [2.24, 2.45) is 0 Å². The number of carbonyl (C=O) groups is 1. The van der Waals surface area contributed by atoms with Gasteiger partial charge in [-0.1, -0.05) is 0 Å². The largest absolute Gasteiger partial charge is 0.480 e. The second kappa shape index (κ2) is 3.58. The fourth-order valence-electron chi connectivity index (χ4n) is 0.164. The molecule has 0 saturated heterocycles. The van der Waals surface area contributed by atoms with Gasteiger partial charge in [0.2, 0.25) is 0 Å². The predicted octanol–water partition coefficient (Wildman–Crippen LogP) is -1.20. The highest BCUT2D eigenvalue weighted by Gasteiger charge is 1.88. The van der Waals surface area contributed by atoms with E-state index in [4.69, 9.17) is 5.11 Å². The van der Waals surface area contributed by atoms with Gasteiger partial charge in [0.15, 0.2) is 0 Å². The Balaban J connectivity index is 2.82. The number of carboxylic acids is 1. The van der Waals surface area contributed by atoms with Crippen LogP contribution in [0.4, 0.5) is 0 Å². The number of carboxylic acid groups (broad SMARTS) is 1. The monoisotopic (exact) mass is 104 g/mol. The predicted molar refractivity (Wildman–Crippen MR) is 24.7 cm³/mol. The summed E-state index contributed by atoms with van der Waals surface area (Å²) in [4.78, 5) is 9.66. The van der Waals surface area contributed by atoms with Crippen LogP contribution in [0, 0.1) is 0 Å². The van der Waals surface area contributed by atoms with Crippen molar-refractivity contribution in [3.63, 3.8) is 0 Å². The van der Waals surface area contributed by atoms with E-state index >= 15 is 0 Å². The molecule has 0 aromatic heterocycles. The van der Waals surface area contributed by atoms with E-state index in [-0.39, 0.29) is 6.54 Å². The first-order valence-corrected chi connectivity index (χ1v) is 1.88. The van der Waals surface area contributed by atoms with E-state index in [1.807, 2.05) is 0 Å². The molecule has 0 aromatic carbocycles. The average Bonchev–Trinajstić information content (AvgIpc) is 1.61. The van der Waals surface area contributed by atoms with Crippen LogP contribution in [0.15, 0.2) is 0 Å². The lowest BCUT2D eigenvalue weighted by atomic mass is 10.7. The minimum Gasteiger partial charge on any atom is -0.480 e. The molecule has 0 rings (SSSR count). The Morgan fingerprint density at radius 2 is 2.43 bits per heavy atom. The Kier molecular flexibility index (Phi) is 3.26. The van der Waals surface area contributed by atoms with Gasteiger partial charge in [0.1, 0.15) is 6.54 Å². The summed E-state index contributed by atoms with van der Waals surface area (Å²) in [6.07, 6.45) is 0. The fourth-order valence-corrected chi connectivity index (χ4v) is 0.164. The molecule has 0 spiro atoms. The summed E-state index contributed by atoms with van der Waals surface area (Å²) in [6, 6.07) is 0. The van der Waals surface area contributed by atoms with E-state index < -0.39 is 5.97 Å². The van der Waals surface area contributed by atoms with Gasteiger partial charge < -0.3 is 5.11 Å². The molecule has 0 heterocycles. The molecular weight excluding hydrogens is 96.0 g/mol. The lowest BCUT2D eigenvalue weighted by Gasteiger charge is -1.93. The van der Waals surface area contributed by atoms with E-state index in [2.05, 4.69) is 10.9 Å². The zero-order valence-corrected chi connectivity index (χ0v) is 4.06. The van der Waals surface area contributed by atoms with Crippen molar-refractivity contribution in [2.45, 2.75) is 0 Å². The van der Waals surface area contributed by atoms with E-state index in [1.165, 1.54) is 0 Å². The van der Waals surface area contributed by atoms with Crippen molar-refractivity contribution < 1.29 is 9.90 Å². The molecule has 0 aliphatic carbocycles. The van der Waals surface area contributed by atoms with Gasteiger partial charge in [-0.05, 0) is 7.05 Å². The molecule has 3 N–H and O–H groups in total. The van der Waals surface area contributed by atoms with Crippen LogP contribution < -0.4 is 10.9 Å². The van der Waals surface area contributed by atoms with Crippen molar-refractivity contribution in [3.8, 4) is 0 Å². The van der Waals surface area contributed by atoms with Crippen LogP contribution in [0.5, 0.6) is 0 Å². The lowest BCUT2D eigenvalue weighted by molar-refractivity contribution is -0.136. The van der Waals surface area contributed by atoms with Gasteiger partial charge >= 0.3 is 5.97 Å². The van der Waals surface area contributed by atoms with Crippen molar-refractivity contribution in [1.82, 2.24) is 10.9 Å². The molecule has 0 saturated carbocycles. The minimum atomic E-state index is -0.866. The number of hydrazine groups is 1. The fraction of sp³-hybridized carbons (Fsp3) is 0.667. The summed E-state index contributed by atoms with van der Waals surface area (Å²) in [7, 11) is 1.61. The Bertz CT molecular complexity index is 64.0. The summed E-state index contributed by atoms with van der Waals surface area (Å²) in [6.45, 7) is -0.0451. The van der Waals surface area contributed by atoms with Crippen LogP contribution in [0.3, 0.4) is 0 Å². The zero-order chi connectivity index (χ0) is 5.70. The average molecular weight is 104 g/mol. The number of hydrogen-bond acceptors (Lipinski definition) is 3. The standard InChI is InChI=1S/C3H8N2O2/c1-4-5-2-3(6)7/h4-5H,2H2,1H3,(H,6,7). The second-order valence-corrected chi connectivity index (χ2v) is 0.997. The van der Waals surface area contributed by atoms with Crippen LogP contribution in [-0.4, -0.2) is 24.7 Å². The maximum atomic E-state index is 9.66. The maximum absolute atomic E-state index is 9.66. The van der Waals surface area contributed by atoms with Gasteiger partial charge in [0.05, 0.1) is 0 Å². The Labute approximate surface area is 41.5 Å². The van der Waals surface area contributed by atoms with Gasteiger partial charge in [0.25, 0.3) is 0 Å². The van der Waals surface area contributed by atoms with Gasteiger partial charge in [0, 0.05) is 0 Å². The summed E-state index contributed by atoms with van der Waals surface area (Å²) in [5.41, 5.74) is 4.87. The van der Waals surface area contributed by atoms with Gasteiger partial charge in [-0.3, -0.25) is 10.2 Å². The molecule has 0 amide bonds. The van der Waals surface area contributed by atoms with Crippen LogP contribution in [0.1, 0.15) is 0 Å². The molecule has 0 atom stereocenters. The molecule has 7 heavy (non-hydrogen) atoms. The maximum Gasteiger partial charge on any atom is 0.318 e.